The number of hydrogen-bond donors (Lipinski definition) is 3. The van der Waals surface area contributed by atoms with Crippen molar-refractivity contribution in [2.75, 3.05) is 17.7 Å². The average Bonchev–Trinajstić information content (AvgIpc) is 2.76. The van der Waals surface area contributed by atoms with Gasteiger partial charge in [-0.2, -0.15) is 5.10 Å². The number of ether oxygens (including phenoxy) is 1. The highest BCUT2D eigenvalue weighted by Gasteiger charge is 2.10. The molecule has 3 aromatic carbocycles. The van der Waals surface area contributed by atoms with Gasteiger partial charge in [-0.05, 0) is 36.8 Å². The van der Waals surface area contributed by atoms with Crippen LogP contribution in [0.25, 0.3) is 10.8 Å². The van der Waals surface area contributed by atoms with Crippen LogP contribution in [0.5, 0.6) is 5.75 Å². The van der Waals surface area contributed by atoms with Gasteiger partial charge in [0.25, 0.3) is 5.56 Å². The molecule has 7 nitrogen and oxygen atoms in total. The van der Waals surface area contributed by atoms with E-state index in [1.807, 2.05) is 31.2 Å². The smallest absolute Gasteiger partial charge is 0.323 e. The van der Waals surface area contributed by atoms with Gasteiger partial charge < -0.3 is 15.4 Å². The van der Waals surface area contributed by atoms with Crippen LogP contribution in [0, 0.1) is 6.92 Å². The Labute approximate surface area is 179 Å². The van der Waals surface area contributed by atoms with Crippen LogP contribution in [-0.4, -0.2) is 23.3 Å². The number of nitrogens with zero attached hydrogens (tertiary/aromatic N) is 1. The molecule has 4 rings (SSSR count). The Morgan fingerprint density at radius 1 is 0.968 bits per heavy atom. The van der Waals surface area contributed by atoms with E-state index in [2.05, 4.69) is 26.9 Å². The molecule has 0 saturated heterocycles. The third kappa shape index (κ3) is 4.72. The van der Waals surface area contributed by atoms with Gasteiger partial charge in [0.2, 0.25) is 0 Å². The third-order valence-corrected chi connectivity index (χ3v) is 4.91. The van der Waals surface area contributed by atoms with Gasteiger partial charge in [0.05, 0.1) is 18.2 Å². The molecular formula is C24H22N4O3. The Morgan fingerprint density at radius 2 is 1.74 bits per heavy atom. The maximum Gasteiger partial charge on any atom is 0.323 e. The number of amides is 2. The summed E-state index contributed by atoms with van der Waals surface area (Å²) < 4.78 is 5.16. The van der Waals surface area contributed by atoms with E-state index in [0.29, 0.717) is 28.9 Å². The average molecular weight is 414 g/mol. The zero-order valence-electron chi connectivity index (χ0n) is 17.2. The summed E-state index contributed by atoms with van der Waals surface area (Å²) in [7, 11) is 1.56. The molecule has 1 aromatic heterocycles. The van der Waals surface area contributed by atoms with E-state index in [4.69, 9.17) is 4.74 Å². The summed E-state index contributed by atoms with van der Waals surface area (Å²) in [6.07, 6.45) is 0.595. The van der Waals surface area contributed by atoms with Gasteiger partial charge >= 0.3 is 6.03 Å². The minimum absolute atomic E-state index is 0.306. The Morgan fingerprint density at radius 3 is 2.52 bits per heavy atom. The van der Waals surface area contributed by atoms with E-state index in [1.54, 1.807) is 43.5 Å². The molecule has 7 heteroatoms. The molecule has 0 saturated carbocycles. The van der Waals surface area contributed by atoms with Crippen molar-refractivity contribution < 1.29 is 9.53 Å². The van der Waals surface area contributed by atoms with Crippen molar-refractivity contribution in [2.24, 2.45) is 0 Å². The van der Waals surface area contributed by atoms with E-state index in [1.165, 1.54) is 5.56 Å². The molecule has 0 radical (unpaired) electrons. The molecule has 0 aliphatic rings. The Hall–Kier alpha value is -4.13. The zero-order valence-corrected chi connectivity index (χ0v) is 17.2. The van der Waals surface area contributed by atoms with Gasteiger partial charge in [-0.3, -0.25) is 4.79 Å². The summed E-state index contributed by atoms with van der Waals surface area (Å²) in [5, 5.41) is 13.5. The summed E-state index contributed by atoms with van der Waals surface area (Å²) in [4.78, 5) is 24.8. The molecule has 0 unspecified atom stereocenters. The molecule has 0 fully saturated rings. The minimum Gasteiger partial charge on any atom is -0.497 e. The van der Waals surface area contributed by atoms with Gasteiger partial charge in [-0.1, -0.05) is 42.0 Å². The molecule has 1 heterocycles. The van der Waals surface area contributed by atoms with E-state index in [0.717, 1.165) is 16.6 Å². The highest BCUT2D eigenvalue weighted by Crippen LogP contribution is 2.22. The number of benzene rings is 3. The molecule has 156 valence electrons. The largest absolute Gasteiger partial charge is 0.497 e. The van der Waals surface area contributed by atoms with Crippen LogP contribution in [0.1, 0.15) is 16.8 Å². The van der Waals surface area contributed by atoms with Gasteiger partial charge in [-0.25, -0.2) is 9.89 Å². The molecule has 0 bridgehead atoms. The maximum absolute atomic E-state index is 12.4. The third-order valence-electron chi connectivity index (χ3n) is 4.91. The number of aromatic amines is 1. The lowest BCUT2D eigenvalue weighted by Crippen LogP contribution is -2.20. The number of methoxy groups -OCH3 is 1. The number of carbonyl (C=O) groups is 1. The summed E-state index contributed by atoms with van der Waals surface area (Å²) in [5.41, 5.74) is 3.85. The second-order valence-electron chi connectivity index (χ2n) is 7.24. The van der Waals surface area contributed by atoms with Crippen LogP contribution >= 0.6 is 0 Å². The highest BCUT2D eigenvalue weighted by atomic mass is 16.5. The summed E-state index contributed by atoms with van der Waals surface area (Å²) in [6.45, 7) is 2.04. The van der Waals surface area contributed by atoms with E-state index >= 15 is 0 Å². The monoisotopic (exact) mass is 414 g/mol. The first kappa shape index (κ1) is 20.2. The number of aryl methyl sites for hydroxylation is 1. The molecule has 2 amide bonds. The van der Waals surface area contributed by atoms with Gasteiger partial charge in [-0.15, -0.1) is 0 Å². The van der Waals surface area contributed by atoms with Crippen LogP contribution in [-0.2, 0) is 6.42 Å². The predicted octanol–water partition coefficient (Wildman–Crippen LogP) is 4.47. The Balaban J connectivity index is 1.56. The lowest BCUT2D eigenvalue weighted by atomic mass is 10.0. The number of fused-ring (bicyclic) bond motifs is 1. The van der Waals surface area contributed by atoms with Crippen LogP contribution in [0.4, 0.5) is 16.2 Å². The second kappa shape index (κ2) is 8.71. The van der Waals surface area contributed by atoms with E-state index in [-0.39, 0.29) is 5.56 Å². The molecule has 0 atom stereocenters. The second-order valence-corrected chi connectivity index (χ2v) is 7.24. The summed E-state index contributed by atoms with van der Waals surface area (Å²) >= 11 is 0. The number of H-pyrrole nitrogens is 1. The van der Waals surface area contributed by atoms with Crippen LogP contribution < -0.4 is 20.9 Å². The number of hydrogen-bond acceptors (Lipinski definition) is 4. The number of carbonyl (C=O) groups excluding carboxylic acids is 1. The Bertz CT molecular complexity index is 1310. The van der Waals surface area contributed by atoms with Crippen molar-refractivity contribution in [1.29, 1.82) is 0 Å². The van der Waals surface area contributed by atoms with Gasteiger partial charge in [0.1, 0.15) is 5.75 Å². The number of anilines is 2. The van der Waals surface area contributed by atoms with Gasteiger partial charge in [0.15, 0.2) is 0 Å². The normalized spacial score (nSPS) is 10.6. The number of urea groups is 1. The first-order chi connectivity index (χ1) is 15.0. The lowest BCUT2D eigenvalue weighted by molar-refractivity contribution is 0.262. The van der Waals surface area contributed by atoms with Crippen LogP contribution in [0.2, 0.25) is 0 Å². The van der Waals surface area contributed by atoms with Gasteiger partial charge in [0, 0.05) is 29.2 Å². The Kier molecular flexibility index (Phi) is 5.66. The minimum atomic E-state index is -0.418. The summed E-state index contributed by atoms with van der Waals surface area (Å²) in [5.74, 6) is 0.642. The molecule has 3 N–H and O–H groups in total. The van der Waals surface area contributed by atoms with Crippen molar-refractivity contribution in [3.8, 4) is 5.75 Å². The fourth-order valence-corrected chi connectivity index (χ4v) is 3.44. The topological polar surface area (TPSA) is 96.1 Å². The lowest BCUT2D eigenvalue weighted by Gasteiger charge is -2.10. The van der Waals surface area contributed by atoms with Crippen molar-refractivity contribution in [3.63, 3.8) is 0 Å². The van der Waals surface area contributed by atoms with Crippen LogP contribution in [0.3, 0.4) is 0 Å². The van der Waals surface area contributed by atoms with E-state index in [9.17, 15) is 9.59 Å². The predicted molar refractivity (Wildman–Crippen MR) is 122 cm³/mol. The quantitative estimate of drug-likeness (QED) is 0.449. The standard InChI is InChI=1S/C24H22N4O3/c1-15-5-3-6-16(11-15)12-22-20-10-9-18(14-21(20)23(29)28-27-22)26-24(30)25-17-7-4-8-19(13-17)31-2/h3-11,13-14H,12H2,1-2H3,(H,28,29)(H2,25,26,30). The summed E-state index contributed by atoms with van der Waals surface area (Å²) in [6, 6.07) is 20.0. The number of rotatable bonds is 5. The highest BCUT2D eigenvalue weighted by molar-refractivity contribution is 6.01. The first-order valence-electron chi connectivity index (χ1n) is 9.81. The molecule has 0 spiro atoms. The SMILES string of the molecule is COc1cccc(NC(=O)Nc2ccc3c(Cc4cccc(C)c4)n[nH]c(=O)c3c2)c1. The van der Waals surface area contributed by atoms with Crippen molar-refractivity contribution in [1.82, 2.24) is 10.2 Å². The fourth-order valence-electron chi connectivity index (χ4n) is 3.44. The zero-order chi connectivity index (χ0) is 21.8. The molecule has 4 aromatic rings. The maximum atomic E-state index is 12.4. The molecule has 31 heavy (non-hydrogen) atoms. The number of aromatic nitrogens is 2. The van der Waals surface area contributed by atoms with Crippen molar-refractivity contribution in [3.05, 3.63) is 93.9 Å². The molecular weight excluding hydrogens is 392 g/mol. The first-order valence-corrected chi connectivity index (χ1v) is 9.81. The number of nitrogens with one attached hydrogen (secondary N) is 3. The van der Waals surface area contributed by atoms with Crippen LogP contribution in [0.15, 0.2) is 71.5 Å². The molecule has 0 aliphatic carbocycles. The van der Waals surface area contributed by atoms with Crippen molar-refractivity contribution >= 4 is 28.2 Å². The molecule has 0 aliphatic heterocycles. The fraction of sp³-hybridized carbons (Fsp3) is 0.125. The van der Waals surface area contributed by atoms with Crippen molar-refractivity contribution in [2.45, 2.75) is 13.3 Å². The van der Waals surface area contributed by atoms with E-state index < -0.39 is 6.03 Å².